The van der Waals surface area contributed by atoms with Gasteiger partial charge >= 0.3 is 0 Å². The molecule has 1 aliphatic rings. The van der Waals surface area contributed by atoms with Gasteiger partial charge in [0.25, 0.3) is 0 Å². The first-order valence-corrected chi connectivity index (χ1v) is 10.7. The van der Waals surface area contributed by atoms with Crippen molar-refractivity contribution in [2.24, 2.45) is 7.05 Å². The number of nitrogens with zero attached hydrogens (tertiary/aromatic N) is 7. The van der Waals surface area contributed by atoms with E-state index in [9.17, 15) is 5.26 Å². The lowest BCUT2D eigenvalue weighted by atomic mass is 9.86. The van der Waals surface area contributed by atoms with Crippen LogP contribution in [-0.4, -0.2) is 50.8 Å². The third-order valence-electron chi connectivity index (χ3n) is 6.24. The molecule has 0 amide bonds. The molecule has 3 heterocycles. The highest BCUT2D eigenvalue weighted by Crippen LogP contribution is 2.30. The fourth-order valence-electron chi connectivity index (χ4n) is 3.93. The van der Waals surface area contributed by atoms with Crippen LogP contribution in [0.1, 0.15) is 30.7 Å². The Balaban J connectivity index is 1.48. The van der Waals surface area contributed by atoms with Crippen LogP contribution in [0.3, 0.4) is 0 Å². The van der Waals surface area contributed by atoms with E-state index in [-0.39, 0.29) is 0 Å². The summed E-state index contributed by atoms with van der Waals surface area (Å²) < 4.78 is 1.93. The van der Waals surface area contributed by atoms with Crippen molar-refractivity contribution in [3.8, 4) is 17.3 Å². The highest BCUT2D eigenvalue weighted by molar-refractivity contribution is 5.72. The molecular formula is C24H29N7. The highest BCUT2D eigenvalue weighted by Gasteiger charge is 2.23. The van der Waals surface area contributed by atoms with Crippen molar-refractivity contribution < 1.29 is 0 Å². The fraction of sp³-hybridized carbons (Fsp3) is 0.417. The summed E-state index contributed by atoms with van der Waals surface area (Å²) in [7, 11) is 1.99. The van der Waals surface area contributed by atoms with Crippen LogP contribution in [0.25, 0.3) is 11.3 Å². The van der Waals surface area contributed by atoms with Crippen LogP contribution in [0.15, 0.2) is 42.9 Å². The summed E-state index contributed by atoms with van der Waals surface area (Å²) in [5.74, 6) is 0.923. The monoisotopic (exact) mass is 415 g/mol. The van der Waals surface area contributed by atoms with Crippen molar-refractivity contribution in [3.05, 3.63) is 59.7 Å². The Morgan fingerprint density at radius 1 is 1.03 bits per heavy atom. The molecule has 0 saturated carbocycles. The molecule has 1 fully saturated rings. The average molecular weight is 416 g/mol. The van der Waals surface area contributed by atoms with Crippen LogP contribution in [0.4, 0.5) is 5.82 Å². The second-order valence-corrected chi connectivity index (χ2v) is 8.68. The van der Waals surface area contributed by atoms with E-state index < -0.39 is 5.41 Å². The first-order chi connectivity index (χ1) is 14.9. The second-order valence-electron chi connectivity index (χ2n) is 8.68. The van der Waals surface area contributed by atoms with Crippen molar-refractivity contribution in [2.45, 2.75) is 32.7 Å². The lowest BCUT2D eigenvalue weighted by molar-refractivity contribution is 0.249. The predicted octanol–water partition coefficient (Wildman–Crippen LogP) is 3.31. The number of piperazine rings is 1. The van der Waals surface area contributed by atoms with Gasteiger partial charge in [0.2, 0.25) is 0 Å². The molecule has 160 valence electrons. The molecule has 1 saturated heterocycles. The number of rotatable bonds is 5. The Labute approximate surface area is 184 Å². The summed E-state index contributed by atoms with van der Waals surface area (Å²) in [6.45, 7) is 10.7. The number of hydrogen-bond donors (Lipinski definition) is 0. The van der Waals surface area contributed by atoms with E-state index >= 15 is 0 Å². The Morgan fingerprint density at radius 2 is 1.71 bits per heavy atom. The third kappa shape index (κ3) is 4.30. The van der Waals surface area contributed by atoms with E-state index in [4.69, 9.17) is 0 Å². The molecule has 0 aliphatic carbocycles. The van der Waals surface area contributed by atoms with E-state index in [0.717, 1.165) is 55.4 Å². The molecule has 3 aromatic rings. The van der Waals surface area contributed by atoms with Gasteiger partial charge in [0.1, 0.15) is 5.69 Å². The van der Waals surface area contributed by atoms with E-state index in [2.05, 4.69) is 37.9 Å². The van der Waals surface area contributed by atoms with Crippen LogP contribution in [0.5, 0.6) is 0 Å². The Hall–Kier alpha value is -3.24. The number of nitriles is 1. The molecule has 0 atom stereocenters. The van der Waals surface area contributed by atoms with Gasteiger partial charge in [0.15, 0.2) is 5.82 Å². The van der Waals surface area contributed by atoms with Gasteiger partial charge in [-0.05, 0) is 26.3 Å². The maximum absolute atomic E-state index is 9.39. The van der Waals surface area contributed by atoms with E-state index in [1.165, 1.54) is 11.3 Å². The van der Waals surface area contributed by atoms with Crippen LogP contribution in [-0.2, 0) is 19.0 Å². The molecule has 0 unspecified atom stereocenters. The number of aromatic nitrogens is 4. The number of benzene rings is 1. The van der Waals surface area contributed by atoms with E-state index in [0.29, 0.717) is 0 Å². The van der Waals surface area contributed by atoms with Gasteiger partial charge in [0, 0.05) is 69.0 Å². The van der Waals surface area contributed by atoms with Gasteiger partial charge in [-0.2, -0.15) is 10.4 Å². The predicted molar refractivity (Wildman–Crippen MR) is 122 cm³/mol. The summed E-state index contributed by atoms with van der Waals surface area (Å²) in [6.07, 6.45) is 5.48. The SMILES string of the molecule is Cc1c(CN2CCN(c3nccnc3-c3ccc(C(C)(C)C#N)cc3)CC2)cnn1C. The minimum absolute atomic E-state index is 0.507. The second kappa shape index (κ2) is 8.48. The number of anilines is 1. The van der Waals surface area contributed by atoms with Gasteiger partial charge in [-0.3, -0.25) is 14.6 Å². The van der Waals surface area contributed by atoms with E-state index in [1.807, 2.05) is 56.0 Å². The van der Waals surface area contributed by atoms with Crippen molar-refractivity contribution in [2.75, 3.05) is 31.1 Å². The first-order valence-electron chi connectivity index (χ1n) is 10.7. The van der Waals surface area contributed by atoms with Gasteiger partial charge in [-0.15, -0.1) is 0 Å². The van der Waals surface area contributed by atoms with Crippen LogP contribution in [0, 0.1) is 18.3 Å². The zero-order valence-electron chi connectivity index (χ0n) is 18.7. The third-order valence-corrected chi connectivity index (χ3v) is 6.24. The van der Waals surface area contributed by atoms with Gasteiger partial charge < -0.3 is 4.90 Å². The largest absolute Gasteiger partial charge is 0.352 e. The maximum Gasteiger partial charge on any atom is 0.155 e. The molecule has 7 nitrogen and oxygen atoms in total. The Morgan fingerprint density at radius 3 is 2.32 bits per heavy atom. The Kier molecular flexibility index (Phi) is 5.75. The Bertz CT molecular complexity index is 1080. The van der Waals surface area contributed by atoms with Gasteiger partial charge in [-0.1, -0.05) is 24.3 Å². The molecule has 0 bridgehead atoms. The topological polar surface area (TPSA) is 73.9 Å². The smallest absolute Gasteiger partial charge is 0.155 e. The van der Waals surface area contributed by atoms with Crippen LogP contribution < -0.4 is 4.90 Å². The summed E-state index contributed by atoms with van der Waals surface area (Å²) in [5, 5.41) is 13.8. The lowest BCUT2D eigenvalue weighted by Gasteiger charge is -2.35. The number of aryl methyl sites for hydroxylation is 1. The zero-order chi connectivity index (χ0) is 22.0. The highest BCUT2D eigenvalue weighted by atomic mass is 15.3. The standard InChI is InChI=1S/C24H29N7/c1-18-20(15-28-29(18)4)16-30-11-13-31(14-12-30)23-22(26-9-10-27-23)19-5-7-21(8-6-19)24(2,3)17-25/h5-10,15H,11-14,16H2,1-4H3. The van der Waals surface area contributed by atoms with E-state index in [1.54, 1.807) is 12.4 Å². The summed E-state index contributed by atoms with van der Waals surface area (Å²) in [6, 6.07) is 10.5. The summed E-state index contributed by atoms with van der Waals surface area (Å²) in [4.78, 5) is 14.1. The quantitative estimate of drug-likeness (QED) is 0.637. The number of hydrogen-bond acceptors (Lipinski definition) is 6. The minimum atomic E-state index is -0.507. The van der Waals surface area contributed by atoms with Crippen molar-refractivity contribution >= 4 is 5.82 Å². The minimum Gasteiger partial charge on any atom is -0.352 e. The van der Waals surface area contributed by atoms with Gasteiger partial charge in [-0.25, -0.2) is 4.98 Å². The molecule has 1 aliphatic heterocycles. The van der Waals surface area contributed by atoms with Crippen molar-refractivity contribution in [3.63, 3.8) is 0 Å². The normalized spacial score (nSPS) is 15.1. The molecule has 1 aromatic carbocycles. The molecule has 31 heavy (non-hydrogen) atoms. The average Bonchev–Trinajstić information content (AvgIpc) is 3.12. The molecule has 0 N–H and O–H groups in total. The lowest BCUT2D eigenvalue weighted by Crippen LogP contribution is -2.46. The molecule has 4 rings (SSSR count). The fourth-order valence-corrected chi connectivity index (χ4v) is 3.93. The molecule has 0 radical (unpaired) electrons. The van der Waals surface area contributed by atoms with Crippen molar-refractivity contribution in [1.82, 2.24) is 24.6 Å². The van der Waals surface area contributed by atoms with Crippen LogP contribution in [0.2, 0.25) is 0 Å². The summed E-state index contributed by atoms with van der Waals surface area (Å²) in [5.41, 5.74) is 4.92. The molecule has 0 spiro atoms. The maximum atomic E-state index is 9.39. The molecule has 2 aromatic heterocycles. The molecular weight excluding hydrogens is 386 g/mol. The first kappa shape index (κ1) is 21.0. The van der Waals surface area contributed by atoms with Crippen molar-refractivity contribution in [1.29, 1.82) is 5.26 Å². The summed E-state index contributed by atoms with van der Waals surface area (Å²) >= 11 is 0. The van der Waals surface area contributed by atoms with Gasteiger partial charge in [0.05, 0.1) is 17.7 Å². The zero-order valence-corrected chi connectivity index (χ0v) is 18.7. The molecule has 7 heteroatoms. The van der Waals surface area contributed by atoms with Crippen LogP contribution >= 0.6 is 0 Å².